The number of Topliss-reactive ketones (excluding diaryl/α,β-unsaturated/α-hetero) is 1. The molecule has 0 spiro atoms. The van der Waals surface area contributed by atoms with E-state index >= 15 is 0 Å². The quantitative estimate of drug-likeness (QED) is 0.394. The fraction of sp³-hybridized carbons (Fsp3) is 0.667. The largest absolute Gasteiger partial charge is 0.300 e. The Labute approximate surface area is 77.0 Å². The van der Waals surface area contributed by atoms with Crippen molar-refractivity contribution in [2.45, 2.75) is 37.9 Å². The van der Waals surface area contributed by atoms with Crippen LogP contribution < -0.4 is 0 Å². The van der Waals surface area contributed by atoms with Gasteiger partial charge in [0, 0.05) is 11.2 Å². The van der Waals surface area contributed by atoms with Crippen molar-refractivity contribution in [3.05, 3.63) is 12.2 Å². The minimum Gasteiger partial charge on any atom is -0.300 e. The molecule has 0 aromatic heterocycles. The molecule has 0 aliphatic heterocycles. The van der Waals surface area contributed by atoms with Crippen LogP contribution in [0.2, 0.25) is 0 Å². The summed E-state index contributed by atoms with van der Waals surface area (Å²) in [6, 6.07) is 0. The van der Waals surface area contributed by atoms with Gasteiger partial charge in [-0.1, -0.05) is 28.1 Å². The Bertz CT molecular complexity index is 138. The molecule has 64 valence electrons. The maximum Gasteiger partial charge on any atom is 0.129 e. The van der Waals surface area contributed by atoms with Crippen molar-refractivity contribution in [3.8, 4) is 0 Å². The van der Waals surface area contributed by atoms with Crippen molar-refractivity contribution in [1.82, 2.24) is 0 Å². The van der Waals surface area contributed by atoms with Crippen LogP contribution in [0.3, 0.4) is 0 Å². The van der Waals surface area contributed by atoms with Crippen LogP contribution in [0.25, 0.3) is 0 Å². The Kier molecular flexibility index (Phi) is 6.52. The Morgan fingerprint density at radius 1 is 1.64 bits per heavy atom. The smallest absolute Gasteiger partial charge is 0.129 e. The molecule has 0 radical (unpaired) electrons. The van der Waals surface area contributed by atoms with Gasteiger partial charge >= 0.3 is 0 Å². The standard InChI is InChI=1S/C9H15BrO/c1-8(10)6-4-3-5-7-9(2)11/h4,6,8H,3,5,7H2,1-2H3/b6-4+. The summed E-state index contributed by atoms with van der Waals surface area (Å²) in [5.41, 5.74) is 0. The molecule has 0 fully saturated rings. The van der Waals surface area contributed by atoms with Gasteiger partial charge in [0.05, 0.1) is 0 Å². The van der Waals surface area contributed by atoms with Crippen LogP contribution in [0.15, 0.2) is 12.2 Å². The van der Waals surface area contributed by atoms with Gasteiger partial charge in [0.2, 0.25) is 0 Å². The lowest BCUT2D eigenvalue weighted by atomic mass is 10.2. The maximum atomic E-state index is 10.5. The first-order valence-electron chi connectivity index (χ1n) is 3.93. The molecule has 0 bridgehead atoms. The van der Waals surface area contributed by atoms with Crippen LogP contribution in [0.1, 0.15) is 33.1 Å². The lowest BCUT2D eigenvalue weighted by Gasteiger charge is -1.92. The number of carbonyl (C=O) groups excluding carboxylic acids is 1. The van der Waals surface area contributed by atoms with Gasteiger partial charge in [0.15, 0.2) is 0 Å². The van der Waals surface area contributed by atoms with E-state index in [1.165, 1.54) is 0 Å². The Balaban J connectivity index is 3.20. The monoisotopic (exact) mass is 218 g/mol. The number of hydrogen-bond acceptors (Lipinski definition) is 1. The van der Waals surface area contributed by atoms with E-state index in [0.717, 1.165) is 12.8 Å². The molecule has 0 aromatic rings. The van der Waals surface area contributed by atoms with Gasteiger partial charge in [-0.25, -0.2) is 0 Å². The van der Waals surface area contributed by atoms with Crippen LogP contribution >= 0.6 is 15.9 Å². The van der Waals surface area contributed by atoms with Gasteiger partial charge < -0.3 is 4.79 Å². The molecule has 2 heteroatoms. The highest BCUT2D eigenvalue weighted by molar-refractivity contribution is 9.09. The lowest BCUT2D eigenvalue weighted by Crippen LogP contribution is -1.88. The third-order valence-electron chi connectivity index (χ3n) is 1.30. The molecule has 0 heterocycles. The van der Waals surface area contributed by atoms with E-state index in [0.29, 0.717) is 11.2 Å². The average Bonchev–Trinajstić information content (AvgIpc) is 1.85. The molecule has 1 unspecified atom stereocenters. The van der Waals surface area contributed by atoms with E-state index in [-0.39, 0.29) is 5.78 Å². The van der Waals surface area contributed by atoms with E-state index in [2.05, 4.69) is 35.0 Å². The topological polar surface area (TPSA) is 17.1 Å². The second-order valence-corrected chi connectivity index (χ2v) is 4.14. The van der Waals surface area contributed by atoms with E-state index < -0.39 is 0 Å². The van der Waals surface area contributed by atoms with Crippen molar-refractivity contribution >= 4 is 21.7 Å². The number of carbonyl (C=O) groups is 1. The summed E-state index contributed by atoms with van der Waals surface area (Å²) in [7, 11) is 0. The second kappa shape index (κ2) is 6.59. The minimum atomic E-state index is 0.283. The van der Waals surface area contributed by atoms with Gasteiger partial charge in [-0.3, -0.25) is 0 Å². The van der Waals surface area contributed by atoms with Crippen LogP contribution in [0.4, 0.5) is 0 Å². The number of rotatable bonds is 5. The number of halogens is 1. The molecule has 1 nitrogen and oxygen atoms in total. The van der Waals surface area contributed by atoms with Crippen LogP contribution in [-0.4, -0.2) is 10.6 Å². The molecule has 0 aromatic carbocycles. The summed E-state index contributed by atoms with van der Waals surface area (Å²) in [6.45, 7) is 3.71. The second-order valence-electron chi connectivity index (χ2n) is 2.70. The number of unbranched alkanes of at least 4 members (excludes halogenated alkanes) is 1. The summed E-state index contributed by atoms with van der Waals surface area (Å²) < 4.78 is 0. The normalized spacial score (nSPS) is 13.7. The first-order valence-corrected chi connectivity index (χ1v) is 4.84. The molecular formula is C9H15BrO. The van der Waals surface area contributed by atoms with E-state index in [1.54, 1.807) is 6.92 Å². The highest BCUT2D eigenvalue weighted by atomic mass is 79.9. The molecule has 0 saturated heterocycles. The number of allylic oxidation sites excluding steroid dienone is 2. The minimum absolute atomic E-state index is 0.283. The van der Waals surface area contributed by atoms with E-state index in [1.807, 2.05) is 0 Å². The van der Waals surface area contributed by atoms with Gasteiger partial charge in [-0.15, -0.1) is 0 Å². The molecule has 0 saturated carbocycles. The third kappa shape index (κ3) is 9.89. The van der Waals surface area contributed by atoms with Crippen molar-refractivity contribution in [3.63, 3.8) is 0 Å². The summed E-state index contributed by atoms with van der Waals surface area (Å²) >= 11 is 3.40. The summed E-state index contributed by atoms with van der Waals surface area (Å²) in [5.74, 6) is 0.283. The van der Waals surface area contributed by atoms with Crippen molar-refractivity contribution in [1.29, 1.82) is 0 Å². The van der Waals surface area contributed by atoms with Crippen molar-refractivity contribution < 1.29 is 4.79 Å². The summed E-state index contributed by atoms with van der Waals surface area (Å²) in [4.78, 5) is 11.0. The van der Waals surface area contributed by atoms with Gasteiger partial charge in [0.25, 0.3) is 0 Å². The highest BCUT2D eigenvalue weighted by Gasteiger charge is 1.90. The lowest BCUT2D eigenvalue weighted by molar-refractivity contribution is -0.117. The third-order valence-corrected chi connectivity index (χ3v) is 1.61. The number of ketones is 1. The van der Waals surface area contributed by atoms with Crippen LogP contribution in [0, 0.1) is 0 Å². The fourth-order valence-electron chi connectivity index (χ4n) is 0.753. The number of hydrogen-bond donors (Lipinski definition) is 0. The SMILES string of the molecule is CC(=O)CCC/C=C/C(C)Br. The maximum absolute atomic E-state index is 10.5. The van der Waals surface area contributed by atoms with Gasteiger partial charge in [-0.2, -0.15) is 0 Å². The summed E-state index contributed by atoms with van der Waals surface area (Å²) in [5, 5.41) is 0. The zero-order chi connectivity index (χ0) is 8.69. The average molecular weight is 219 g/mol. The molecule has 11 heavy (non-hydrogen) atoms. The van der Waals surface area contributed by atoms with Crippen LogP contribution in [0.5, 0.6) is 0 Å². The predicted octanol–water partition coefficient (Wildman–Crippen LogP) is 3.09. The molecule has 0 aliphatic carbocycles. The van der Waals surface area contributed by atoms with Gasteiger partial charge in [-0.05, 0) is 26.7 Å². The van der Waals surface area contributed by atoms with Crippen molar-refractivity contribution in [2.75, 3.05) is 0 Å². The molecule has 0 N–H and O–H groups in total. The fourth-order valence-corrected chi connectivity index (χ4v) is 0.968. The predicted molar refractivity (Wildman–Crippen MR) is 52.1 cm³/mol. The molecule has 0 rings (SSSR count). The molecule has 1 atom stereocenters. The molecule has 0 aliphatic rings. The zero-order valence-electron chi connectivity index (χ0n) is 7.14. The van der Waals surface area contributed by atoms with Gasteiger partial charge in [0.1, 0.15) is 5.78 Å². The molecular weight excluding hydrogens is 204 g/mol. The first kappa shape index (κ1) is 10.9. The molecule has 0 amide bonds. The van der Waals surface area contributed by atoms with Crippen LogP contribution in [-0.2, 0) is 4.79 Å². The Hall–Kier alpha value is -0.110. The Morgan fingerprint density at radius 2 is 2.27 bits per heavy atom. The highest BCUT2D eigenvalue weighted by Crippen LogP contribution is 2.02. The summed E-state index contributed by atoms with van der Waals surface area (Å²) in [6.07, 6.45) is 6.91. The van der Waals surface area contributed by atoms with E-state index in [4.69, 9.17) is 0 Å². The first-order chi connectivity index (χ1) is 5.13. The Morgan fingerprint density at radius 3 is 2.73 bits per heavy atom. The van der Waals surface area contributed by atoms with Crippen molar-refractivity contribution in [2.24, 2.45) is 0 Å². The number of alkyl halides is 1. The van der Waals surface area contributed by atoms with E-state index in [9.17, 15) is 4.79 Å². The zero-order valence-corrected chi connectivity index (χ0v) is 8.73.